The molecule has 1 aliphatic rings. The van der Waals surface area contributed by atoms with Crippen LogP contribution in [-0.4, -0.2) is 35.4 Å². The monoisotopic (exact) mass is 362 g/mol. The Labute approximate surface area is 157 Å². The van der Waals surface area contributed by atoms with Gasteiger partial charge in [-0.15, -0.1) is 0 Å². The summed E-state index contributed by atoms with van der Waals surface area (Å²) in [6, 6.07) is 17.5. The minimum absolute atomic E-state index is 0.0272. The Balaban J connectivity index is 1.69. The van der Waals surface area contributed by atoms with E-state index in [0.29, 0.717) is 13.0 Å². The number of esters is 1. The molecule has 0 spiro atoms. The number of hydrogen-bond donors (Lipinski definition) is 1. The van der Waals surface area contributed by atoms with Gasteiger partial charge in [0.1, 0.15) is 0 Å². The van der Waals surface area contributed by atoms with Crippen molar-refractivity contribution in [2.24, 2.45) is 0 Å². The summed E-state index contributed by atoms with van der Waals surface area (Å²) in [4.78, 5) is 30.4. The number of methoxy groups -OCH3 is 1. The van der Waals surface area contributed by atoms with Crippen molar-refractivity contribution in [2.45, 2.75) is 25.3 Å². The van der Waals surface area contributed by atoms with Crippen LogP contribution in [0.5, 0.6) is 0 Å². The number of amides is 1. The maximum Gasteiger partial charge on any atom is 0.308 e. The molecule has 27 heavy (non-hydrogen) atoms. The molecule has 1 aromatic heterocycles. The van der Waals surface area contributed by atoms with E-state index in [1.165, 1.54) is 12.7 Å². The Kier molecular flexibility index (Phi) is 4.67. The first kappa shape index (κ1) is 17.3. The van der Waals surface area contributed by atoms with Gasteiger partial charge in [0.25, 0.3) is 0 Å². The third-order valence-corrected chi connectivity index (χ3v) is 5.27. The van der Waals surface area contributed by atoms with Crippen LogP contribution < -0.4 is 0 Å². The average Bonchev–Trinajstić information content (AvgIpc) is 3.08. The van der Waals surface area contributed by atoms with Crippen molar-refractivity contribution >= 4 is 22.8 Å². The van der Waals surface area contributed by atoms with Crippen LogP contribution in [-0.2, 0) is 27.2 Å². The molecule has 5 nitrogen and oxygen atoms in total. The average molecular weight is 362 g/mol. The SMILES string of the molecule is COC(=O)CC1c2[nH]c3ccccc3c2CCN1C(=O)Cc1ccccc1. The molecular formula is C22H22N2O3. The highest BCUT2D eigenvalue weighted by Gasteiger charge is 2.34. The van der Waals surface area contributed by atoms with Gasteiger partial charge in [0, 0.05) is 23.1 Å². The maximum atomic E-state index is 13.0. The molecule has 138 valence electrons. The number of aromatic amines is 1. The Morgan fingerprint density at radius 3 is 2.63 bits per heavy atom. The first-order valence-corrected chi connectivity index (χ1v) is 9.17. The van der Waals surface area contributed by atoms with Gasteiger partial charge in [-0.1, -0.05) is 48.5 Å². The molecule has 1 atom stereocenters. The number of aromatic nitrogens is 1. The van der Waals surface area contributed by atoms with Gasteiger partial charge in [0.15, 0.2) is 0 Å². The molecule has 0 saturated carbocycles. The zero-order chi connectivity index (χ0) is 18.8. The van der Waals surface area contributed by atoms with E-state index < -0.39 is 0 Å². The summed E-state index contributed by atoms with van der Waals surface area (Å²) in [7, 11) is 1.38. The van der Waals surface area contributed by atoms with Crippen LogP contribution in [0, 0.1) is 0 Å². The smallest absolute Gasteiger partial charge is 0.308 e. The predicted octanol–water partition coefficient (Wildman–Crippen LogP) is 3.40. The van der Waals surface area contributed by atoms with Gasteiger partial charge >= 0.3 is 5.97 Å². The summed E-state index contributed by atoms with van der Waals surface area (Å²) < 4.78 is 4.90. The molecule has 0 aliphatic carbocycles. The van der Waals surface area contributed by atoms with E-state index in [9.17, 15) is 9.59 Å². The fourth-order valence-electron chi connectivity index (χ4n) is 3.94. The molecule has 1 amide bonds. The zero-order valence-electron chi connectivity index (χ0n) is 15.3. The largest absolute Gasteiger partial charge is 0.469 e. The quantitative estimate of drug-likeness (QED) is 0.724. The van der Waals surface area contributed by atoms with Crippen LogP contribution >= 0.6 is 0 Å². The number of para-hydroxylation sites is 1. The van der Waals surface area contributed by atoms with E-state index in [1.54, 1.807) is 0 Å². The molecule has 2 aromatic carbocycles. The van der Waals surface area contributed by atoms with Crippen molar-refractivity contribution in [3.05, 3.63) is 71.4 Å². The van der Waals surface area contributed by atoms with Gasteiger partial charge in [-0.05, 0) is 23.6 Å². The summed E-state index contributed by atoms with van der Waals surface area (Å²) in [5.41, 5.74) is 4.16. The fourth-order valence-corrected chi connectivity index (χ4v) is 3.94. The third-order valence-electron chi connectivity index (χ3n) is 5.27. The van der Waals surface area contributed by atoms with Crippen molar-refractivity contribution in [1.29, 1.82) is 0 Å². The van der Waals surface area contributed by atoms with Crippen LogP contribution in [0.2, 0.25) is 0 Å². The molecule has 3 aromatic rings. The van der Waals surface area contributed by atoms with Gasteiger partial charge in [0.05, 0.1) is 26.0 Å². The summed E-state index contributed by atoms with van der Waals surface area (Å²) in [5.74, 6) is -0.288. The Morgan fingerprint density at radius 2 is 1.85 bits per heavy atom. The summed E-state index contributed by atoms with van der Waals surface area (Å²) in [6.07, 6.45) is 1.25. The molecular weight excluding hydrogens is 340 g/mol. The lowest BCUT2D eigenvalue weighted by Gasteiger charge is -2.35. The van der Waals surface area contributed by atoms with E-state index in [2.05, 4.69) is 11.1 Å². The minimum atomic E-state index is -0.329. The molecule has 0 fully saturated rings. The highest BCUT2D eigenvalue weighted by atomic mass is 16.5. The number of benzene rings is 2. The number of rotatable bonds is 4. The molecule has 4 rings (SSSR count). The highest BCUT2D eigenvalue weighted by molar-refractivity contribution is 5.87. The van der Waals surface area contributed by atoms with Crippen molar-refractivity contribution < 1.29 is 14.3 Å². The lowest BCUT2D eigenvalue weighted by Crippen LogP contribution is -2.41. The van der Waals surface area contributed by atoms with Crippen molar-refractivity contribution in [1.82, 2.24) is 9.88 Å². The Bertz CT molecular complexity index is 978. The van der Waals surface area contributed by atoms with Gasteiger partial charge in [-0.3, -0.25) is 9.59 Å². The number of carbonyl (C=O) groups is 2. The highest BCUT2D eigenvalue weighted by Crippen LogP contribution is 2.36. The van der Waals surface area contributed by atoms with Crippen LogP contribution in [0.25, 0.3) is 10.9 Å². The molecule has 2 heterocycles. The molecule has 1 unspecified atom stereocenters. The number of H-pyrrole nitrogens is 1. The van der Waals surface area contributed by atoms with E-state index in [0.717, 1.165) is 28.6 Å². The molecule has 5 heteroatoms. The molecule has 0 radical (unpaired) electrons. The number of ether oxygens (including phenoxy) is 1. The zero-order valence-corrected chi connectivity index (χ0v) is 15.3. The van der Waals surface area contributed by atoms with Crippen LogP contribution in [0.1, 0.15) is 29.3 Å². The third kappa shape index (κ3) is 3.33. The Morgan fingerprint density at radius 1 is 1.11 bits per heavy atom. The molecule has 0 bridgehead atoms. The summed E-state index contributed by atoms with van der Waals surface area (Å²) in [5, 5.41) is 1.16. The van der Waals surface area contributed by atoms with Crippen molar-refractivity contribution in [3.8, 4) is 0 Å². The first-order chi connectivity index (χ1) is 13.2. The number of hydrogen-bond acceptors (Lipinski definition) is 3. The predicted molar refractivity (Wildman–Crippen MR) is 103 cm³/mol. The lowest BCUT2D eigenvalue weighted by molar-refractivity contribution is -0.144. The van der Waals surface area contributed by atoms with E-state index in [1.807, 2.05) is 53.4 Å². The molecule has 0 saturated heterocycles. The van der Waals surface area contributed by atoms with Crippen LogP contribution in [0.3, 0.4) is 0 Å². The van der Waals surface area contributed by atoms with Crippen molar-refractivity contribution in [3.63, 3.8) is 0 Å². The number of fused-ring (bicyclic) bond motifs is 3. The molecule has 1 aliphatic heterocycles. The standard InChI is InChI=1S/C22H22N2O3/c1-27-21(26)14-19-22-17(16-9-5-6-10-18(16)23-22)11-12-24(19)20(25)13-15-7-3-2-4-8-15/h2-10,19,23H,11-14H2,1H3. The van der Waals surface area contributed by atoms with E-state index >= 15 is 0 Å². The number of carbonyl (C=O) groups excluding carboxylic acids is 2. The summed E-state index contributed by atoms with van der Waals surface area (Å²) >= 11 is 0. The van der Waals surface area contributed by atoms with Gasteiger partial charge in [0.2, 0.25) is 5.91 Å². The van der Waals surface area contributed by atoms with Crippen LogP contribution in [0.15, 0.2) is 54.6 Å². The molecule has 1 N–H and O–H groups in total. The topological polar surface area (TPSA) is 62.4 Å². The summed E-state index contributed by atoms with van der Waals surface area (Å²) in [6.45, 7) is 0.599. The number of nitrogens with zero attached hydrogens (tertiary/aromatic N) is 1. The Hall–Kier alpha value is -3.08. The maximum absolute atomic E-state index is 13.0. The normalized spacial score (nSPS) is 16.2. The lowest BCUT2D eigenvalue weighted by atomic mass is 9.94. The van der Waals surface area contributed by atoms with Crippen molar-refractivity contribution in [2.75, 3.05) is 13.7 Å². The van der Waals surface area contributed by atoms with E-state index in [-0.39, 0.29) is 24.3 Å². The van der Waals surface area contributed by atoms with E-state index in [4.69, 9.17) is 4.74 Å². The second-order valence-electron chi connectivity index (χ2n) is 6.86. The van der Waals surface area contributed by atoms with Crippen LogP contribution in [0.4, 0.5) is 0 Å². The van der Waals surface area contributed by atoms with Gasteiger partial charge in [-0.2, -0.15) is 0 Å². The van der Waals surface area contributed by atoms with Gasteiger partial charge < -0.3 is 14.6 Å². The van der Waals surface area contributed by atoms with Gasteiger partial charge in [-0.25, -0.2) is 0 Å². The second kappa shape index (κ2) is 7.27. The second-order valence-corrected chi connectivity index (χ2v) is 6.86. The first-order valence-electron chi connectivity index (χ1n) is 9.17. The minimum Gasteiger partial charge on any atom is -0.469 e. The fraction of sp³-hybridized carbons (Fsp3) is 0.273. The number of nitrogens with one attached hydrogen (secondary N) is 1.